The second-order valence-corrected chi connectivity index (χ2v) is 9.10. The van der Waals surface area contributed by atoms with Crippen LogP contribution in [0.4, 0.5) is 5.00 Å². The van der Waals surface area contributed by atoms with Crippen LogP contribution in [0.15, 0.2) is 33.5 Å². The highest BCUT2D eigenvalue weighted by Crippen LogP contribution is 2.38. The van der Waals surface area contributed by atoms with Gasteiger partial charge in [0.15, 0.2) is 12.2 Å². The predicted molar refractivity (Wildman–Crippen MR) is 122 cm³/mol. The minimum atomic E-state index is -0.760. The van der Waals surface area contributed by atoms with Crippen molar-refractivity contribution < 1.29 is 28.3 Å². The summed E-state index contributed by atoms with van der Waals surface area (Å²) in [5, 5.41) is 3.10. The van der Waals surface area contributed by atoms with Gasteiger partial charge < -0.3 is 19.2 Å². The summed E-state index contributed by atoms with van der Waals surface area (Å²) in [5.74, 6) is -2.49. The number of hydrogen-bond donors (Lipinski definition) is 1. The van der Waals surface area contributed by atoms with Crippen molar-refractivity contribution in [2.24, 2.45) is 0 Å². The third-order valence-corrected chi connectivity index (χ3v) is 6.40. The van der Waals surface area contributed by atoms with Crippen LogP contribution in [0, 0.1) is 0 Å². The van der Waals surface area contributed by atoms with Crippen LogP contribution in [0.1, 0.15) is 47.5 Å². The summed E-state index contributed by atoms with van der Waals surface area (Å²) in [6.45, 7) is 2.60. The van der Waals surface area contributed by atoms with Gasteiger partial charge >= 0.3 is 17.7 Å². The first kappa shape index (κ1) is 22.8. The average molecular weight is 473 g/mol. The zero-order chi connectivity index (χ0) is 23.5. The fourth-order valence-electron chi connectivity index (χ4n) is 3.79. The molecule has 33 heavy (non-hydrogen) atoms. The molecule has 2 heterocycles. The van der Waals surface area contributed by atoms with Crippen molar-refractivity contribution in [2.45, 2.75) is 52.2 Å². The lowest BCUT2D eigenvalue weighted by Crippen LogP contribution is -2.26. The van der Waals surface area contributed by atoms with E-state index in [4.69, 9.17) is 13.9 Å². The number of ether oxygens (including phenoxy) is 2. The highest BCUT2D eigenvalue weighted by molar-refractivity contribution is 7.17. The monoisotopic (exact) mass is 472 g/mol. The van der Waals surface area contributed by atoms with Gasteiger partial charge in [0.1, 0.15) is 11.5 Å². The van der Waals surface area contributed by atoms with Gasteiger partial charge in [-0.15, -0.1) is 11.3 Å². The second kappa shape index (κ2) is 9.62. The molecule has 2 aromatic heterocycles. The van der Waals surface area contributed by atoms with Crippen LogP contribution in [0.25, 0.3) is 11.1 Å². The number of esters is 2. The Morgan fingerprint density at radius 1 is 1.18 bits per heavy atom. The quantitative estimate of drug-likeness (QED) is 0.525. The van der Waals surface area contributed by atoms with Gasteiger partial charge in [-0.2, -0.15) is 0 Å². The molecule has 3 aromatic rings. The van der Waals surface area contributed by atoms with E-state index < -0.39 is 30.2 Å². The Bertz CT molecular complexity index is 1270. The molecule has 174 valence electrons. The average Bonchev–Trinajstić information content (AvgIpc) is 3.28. The number of aryl methyl sites for hydroxylation is 1. The van der Waals surface area contributed by atoms with E-state index >= 15 is 0 Å². The minimum absolute atomic E-state index is 0.288. The van der Waals surface area contributed by atoms with E-state index in [0.29, 0.717) is 21.7 Å². The molecule has 0 fully saturated rings. The van der Waals surface area contributed by atoms with Crippen molar-refractivity contribution in [3.05, 3.63) is 50.8 Å². The molecule has 0 spiro atoms. The van der Waals surface area contributed by atoms with Crippen LogP contribution in [-0.4, -0.2) is 35.1 Å². The number of carbonyl (C=O) groups is 3. The van der Waals surface area contributed by atoms with Crippen LogP contribution in [0.5, 0.6) is 0 Å². The number of benzene rings is 1. The maximum Gasteiger partial charge on any atom is 0.420 e. The number of hydrogen-bond acceptors (Lipinski definition) is 8. The highest BCUT2D eigenvalue weighted by atomic mass is 32.1. The molecule has 1 aliphatic rings. The van der Waals surface area contributed by atoms with E-state index in [-0.39, 0.29) is 12.6 Å². The number of oxazole rings is 1. The summed E-state index contributed by atoms with van der Waals surface area (Å²) in [6.07, 6.45) is 3.31. The van der Waals surface area contributed by atoms with E-state index in [0.717, 1.165) is 40.7 Å². The van der Waals surface area contributed by atoms with Crippen molar-refractivity contribution in [3.8, 4) is 0 Å². The van der Waals surface area contributed by atoms with Crippen LogP contribution in [0.2, 0.25) is 0 Å². The minimum Gasteiger partial charge on any atom is -0.459 e. The zero-order valence-electron chi connectivity index (χ0n) is 18.3. The van der Waals surface area contributed by atoms with Crippen LogP contribution in [0.3, 0.4) is 0 Å². The Hall–Kier alpha value is -3.40. The first-order valence-corrected chi connectivity index (χ1v) is 11.5. The number of para-hydroxylation sites is 2. The SMILES string of the molecule is CC(C)OC(=O)c1c(NC(=O)COC(=O)Cn2c(=O)oc3ccccc32)sc2c1CCCC2. The molecule has 1 aromatic carbocycles. The summed E-state index contributed by atoms with van der Waals surface area (Å²) < 4.78 is 16.7. The third-order valence-electron chi connectivity index (χ3n) is 5.20. The Kier molecular flexibility index (Phi) is 6.64. The van der Waals surface area contributed by atoms with Crippen molar-refractivity contribution in [2.75, 3.05) is 11.9 Å². The number of nitrogens with zero attached hydrogens (tertiary/aromatic N) is 1. The molecule has 1 amide bonds. The number of nitrogens with one attached hydrogen (secondary N) is 1. The molecule has 9 nitrogen and oxygen atoms in total. The number of fused-ring (bicyclic) bond motifs is 2. The number of thiophene rings is 1. The summed E-state index contributed by atoms with van der Waals surface area (Å²) in [7, 11) is 0. The smallest absolute Gasteiger partial charge is 0.420 e. The molecule has 0 saturated heterocycles. The van der Waals surface area contributed by atoms with Gasteiger partial charge in [-0.1, -0.05) is 12.1 Å². The molecule has 10 heteroatoms. The summed E-state index contributed by atoms with van der Waals surface area (Å²) >= 11 is 1.36. The number of amides is 1. The molecule has 1 N–H and O–H groups in total. The van der Waals surface area contributed by atoms with Crippen LogP contribution in [-0.2, 0) is 38.4 Å². The van der Waals surface area contributed by atoms with Gasteiger partial charge in [0.2, 0.25) is 0 Å². The van der Waals surface area contributed by atoms with Gasteiger partial charge in [0, 0.05) is 4.88 Å². The lowest BCUT2D eigenvalue weighted by Gasteiger charge is -2.14. The summed E-state index contributed by atoms with van der Waals surface area (Å²) in [4.78, 5) is 50.5. The van der Waals surface area contributed by atoms with Gasteiger partial charge in [-0.05, 0) is 57.2 Å². The van der Waals surface area contributed by atoms with Gasteiger partial charge in [0.05, 0.1) is 17.2 Å². The van der Waals surface area contributed by atoms with Gasteiger partial charge in [-0.3, -0.25) is 14.2 Å². The summed E-state index contributed by atoms with van der Waals surface area (Å²) in [6, 6.07) is 6.70. The third kappa shape index (κ3) is 5.00. The molecular weight excluding hydrogens is 448 g/mol. The molecule has 0 aliphatic heterocycles. The van der Waals surface area contributed by atoms with Crippen LogP contribution < -0.4 is 11.1 Å². The Morgan fingerprint density at radius 3 is 2.73 bits per heavy atom. The van der Waals surface area contributed by atoms with Crippen molar-refractivity contribution in [1.82, 2.24) is 4.57 Å². The number of carbonyl (C=O) groups excluding carboxylic acids is 3. The molecule has 0 saturated carbocycles. The van der Waals surface area contributed by atoms with Gasteiger partial charge in [0.25, 0.3) is 5.91 Å². The van der Waals surface area contributed by atoms with E-state index in [1.807, 2.05) is 0 Å². The maximum absolute atomic E-state index is 12.7. The number of anilines is 1. The van der Waals surface area contributed by atoms with E-state index in [1.165, 1.54) is 11.3 Å². The second-order valence-electron chi connectivity index (χ2n) is 8.00. The normalized spacial score (nSPS) is 13.1. The first-order valence-electron chi connectivity index (χ1n) is 10.7. The predicted octanol–water partition coefficient (Wildman–Crippen LogP) is 3.28. The molecule has 1 aliphatic carbocycles. The molecular formula is C23H24N2O7S. The standard InChI is InChI=1S/C23H24N2O7S/c1-13(2)31-22(28)20-14-7-3-6-10-17(14)33-21(20)24-18(26)12-30-19(27)11-25-15-8-4-5-9-16(15)32-23(25)29/h4-5,8-9,13H,3,6-7,10-12H2,1-2H3,(H,24,26). The lowest BCUT2D eigenvalue weighted by molar-refractivity contribution is -0.147. The van der Waals surface area contributed by atoms with Crippen LogP contribution >= 0.6 is 11.3 Å². The molecule has 0 atom stereocenters. The first-order chi connectivity index (χ1) is 15.8. The number of aromatic nitrogens is 1. The van der Waals surface area contributed by atoms with Crippen molar-refractivity contribution in [3.63, 3.8) is 0 Å². The molecule has 0 radical (unpaired) electrons. The molecule has 0 unspecified atom stereocenters. The fourth-order valence-corrected chi connectivity index (χ4v) is 5.08. The molecule has 0 bridgehead atoms. The maximum atomic E-state index is 12.7. The van der Waals surface area contributed by atoms with Gasteiger partial charge in [-0.25, -0.2) is 9.59 Å². The Labute approximate surface area is 193 Å². The van der Waals surface area contributed by atoms with E-state index in [1.54, 1.807) is 38.1 Å². The summed E-state index contributed by atoms with van der Waals surface area (Å²) in [5.41, 5.74) is 2.13. The van der Waals surface area contributed by atoms with Crippen molar-refractivity contribution >= 4 is 45.3 Å². The highest BCUT2D eigenvalue weighted by Gasteiger charge is 2.28. The largest absolute Gasteiger partial charge is 0.459 e. The molecule has 4 rings (SSSR count). The number of rotatable bonds is 7. The lowest BCUT2D eigenvalue weighted by atomic mass is 9.95. The van der Waals surface area contributed by atoms with E-state index in [9.17, 15) is 19.2 Å². The topological polar surface area (TPSA) is 117 Å². The van der Waals surface area contributed by atoms with E-state index in [2.05, 4.69) is 5.32 Å². The Balaban J connectivity index is 1.42. The zero-order valence-corrected chi connectivity index (χ0v) is 19.2. The van der Waals surface area contributed by atoms with Crippen molar-refractivity contribution in [1.29, 1.82) is 0 Å². The Morgan fingerprint density at radius 2 is 1.94 bits per heavy atom. The fraction of sp³-hybridized carbons (Fsp3) is 0.391.